The second-order valence-electron chi connectivity index (χ2n) is 4.74. The molecule has 2 rings (SSSR count). The van der Waals surface area contributed by atoms with Gasteiger partial charge in [0.15, 0.2) is 0 Å². The second kappa shape index (κ2) is 5.25. The summed E-state index contributed by atoms with van der Waals surface area (Å²) in [5.74, 6) is 0.255. The molecule has 1 heterocycles. The zero-order chi connectivity index (χ0) is 13.1. The van der Waals surface area contributed by atoms with Crippen LogP contribution < -0.4 is 0 Å². The monoisotopic (exact) mass is 244 g/mol. The number of aromatic hydroxyl groups is 1. The van der Waals surface area contributed by atoms with Crippen molar-refractivity contribution in [3.8, 4) is 17.0 Å². The van der Waals surface area contributed by atoms with E-state index in [-0.39, 0.29) is 5.88 Å². The van der Waals surface area contributed by atoms with E-state index in [1.54, 1.807) is 11.7 Å². The van der Waals surface area contributed by atoms with Crippen LogP contribution in [0.2, 0.25) is 0 Å². The van der Waals surface area contributed by atoms with Crippen LogP contribution in [0.4, 0.5) is 0 Å². The van der Waals surface area contributed by atoms with Crippen molar-refractivity contribution in [2.75, 3.05) is 0 Å². The van der Waals surface area contributed by atoms with E-state index in [1.165, 1.54) is 5.56 Å². The van der Waals surface area contributed by atoms with Crippen LogP contribution in [0.25, 0.3) is 11.1 Å². The molecule has 3 heteroatoms. The van der Waals surface area contributed by atoms with Crippen LogP contribution in [0.1, 0.15) is 31.0 Å². The molecule has 0 radical (unpaired) electrons. The first-order valence-electron chi connectivity index (χ1n) is 6.45. The highest BCUT2D eigenvalue weighted by atomic mass is 16.3. The summed E-state index contributed by atoms with van der Waals surface area (Å²) in [6, 6.07) is 8.21. The van der Waals surface area contributed by atoms with Crippen LogP contribution in [0.5, 0.6) is 5.88 Å². The topological polar surface area (TPSA) is 38.0 Å². The van der Waals surface area contributed by atoms with E-state index >= 15 is 0 Å². The average Bonchev–Trinajstić information content (AvgIpc) is 2.64. The zero-order valence-electron chi connectivity index (χ0n) is 11.3. The molecule has 0 aliphatic heterocycles. The lowest BCUT2D eigenvalue weighted by molar-refractivity contribution is 0.420. The number of aryl methyl sites for hydroxylation is 3. The van der Waals surface area contributed by atoms with Crippen LogP contribution in [-0.4, -0.2) is 14.9 Å². The van der Waals surface area contributed by atoms with E-state index in [2.05, 4.69) is 31.1 Å². The summed E-state index contributed by atoms with van der Waals surface area (Å²) in [4.78, 5) is 0. The average molecular weight is 244 g/mol. The molecule has 96 valence electrons. The van der Waals surface area contributed by atoms with Gasteiger partial charge in [-0.1, -0.05) is 43.2 Å². The lowest BCUT2D eigenvalue weighted by atomic mass is 10.0. The van der Waals surface area contributed by atoms with Gasteiger partial charge in [-0.05, 0) is 25.3 Å². The Labute approximate surface area is 108 Å². The van der Waals surface area contributed by atoms with Gasteiger partial charge in [-0.2, -0.15) is 5.10 Å². The van der Waals surface area contributed by atoms with Crippen molar-refractivity contribution in [2.24, 2.45) is 7.05 Å². The third kappa shape index (κ3) is 2.40. The van der Waals surface area contributed by atoms with Gasteiger partial charge in [-0.15, -0.1) is 0 Å². The molecule has 0 fully saturated rings. The Kier molecular flexibility index (Phi) is 3.70. The molecular weight excluding hydrogens is 224 g/mol. The molecule has 0 unspecified atom stereocenters. The lowest BCUT2D eigenvalue weighted by Gasteiger charge is -2.03. The number of rotatable bonds is 4. The fourth-order valence-corrected chi connectivity index (χ4v) is 2.10. The summed E-state index contributed by atoms with van der Waals surface area (Å²) in [7, 11) is 1.78. The molecule has 18 heavy (non-hydrogen) atoms. The molecule has 0 aliphatic rings. The fourth-order valence-electron chi connectivity index (χ4n) is 2.10. The van der Waals surface area contributed by atoms with Gasteiger partial charge in [0.1, 0.15) is 0 Å². The van der Waals surface area contributed by atoms with Crippen LogP contribution in [-0.2, 0) is 13.5 Å². The fraction of sp³-hybridized carbons (Fsp3) is 0.400. The summed E-state index contributed by atoms with van der Waals surface area (Å²) in [5.41, 5.74) is 4.13. The van der Waals surface area contributed by atoms with Gasteiger partial charge in [0.05, 0.1) is 11.3 Å². The Balaban J connectivity index is 2.44. The second-order valence-corrected chi connectivity index (χ2v) is 4.74. The first-order valence-corrected chi connectivity index (χ1v) is 6.45. The molecule has 0 amide bonds. The predicted molar refractivity (Wildman–Crippen MR) is 73.7 cm³/mol. The molecule has 1 aromatic heterocycles. The van der Waals surface area contributed by atoms with Gasteiger partial charge in [-0.25, -0.2) is 4.68 Å². The van der Waals surface area contributed by atoms with Gasteiger partial charge in [0.2, 0.25) is 5.88 Å². The van der Waals surface area contributed by atoms with Crippen molar-refractivity contribution >= 4 is 0 Å². The highest BCUT2D eigenvalue weighted by Crippen LogP contribution is 2.33. The Bertz CT molecular complexity index is 526. The normalized spacial score (nSPS) is 10.8. The van der Waals surface area contributed by atoms with E-state index in [4.69, 9.17) is 0 Å². The van der Waals surface area contributed by atoms with Crippen molar-refractivity contribution in [1.82, 2.24) is 9.78 Å². The molecular formula is C15H20N2O. The van der Waals surface area contributed by atoms with E-state index in [1.807, 2.05) is 12.1 Å². The van der Waals surface area contributed by atoms with Crippen LogP contribution >= 0.6 is 0 Å². The van der Waals surface area contributed by atoms with Gasteiger partial charge in [-0.3, -0.25) is 0 Å². The maximum absolute atomic E-state index is 10.1. The van der Waals surface area contributed by atoms with Crippen molar-refractivity contribution in [3.05, 3.63) is 35.5 Å². The quantitative estimate of drug-likeness (QED) is 0.894. The van der Waals surface area contributed by atoms with Crippen molar-refractivity contribution in [3.63, 3.8) is 0 Å². The largest absolute Gasteiger partial charge is 0.493 e. The number of hydrogen-bond donors (Lipinski definition) is 1. The van der Waals surface area contributed by atoms with Gasteiger partial charge in [0, 0.05) is 7.05 Å². The Hall–Kier alpha value is -1.77. The highest BCUT2D eigenvalue weighted by molar-refractivity contribution is 5.71. The molecule has 0 bridgehead atoms. The van der Waals surface area contributed by atoms with Crippen molar-refractivity contribution < 1.29 is 5.11 Å². The van der Waals surface area contributed by atoms with Crippen LogP contribution in [0.3, 0.4) is 0 Å². The SMILES string of the molecule is CCCCc1nn(C)c(O)c1-c1ccc(C)cc1. The summed E-state index contributed by atoms with van der Waals surface area (Å²) < 4.78 is 1.56. The minimum Gasteiger partial charge on any atom is -0.493 e. The summed E-state index contributed by atoms with van der Waals surface area (Å²) in [6.45, 7) is 4.22. The summed E-state index contributed by atoms with van der Waals surface area (Å²) >= 11 is 0. The lowest BCUT2D eigenvalue weighted by Crippen LogP contribution is -1.92. The number of benzene rings is 1. The molecule has 1 N–H and O–H groups in total. The van der Waals surface area contributed by atoms with E-state index < -0.39 is 0 Å². The molecule has 0 saturated heterocycles. The first kappa shape index (κ1) is 12.7. The smallest absolute Gasteiger partial charge is 0.217 e. The van der Waals surface area contributed by atoms with Gasteiger partial charge < -0.3 is 5.11 Å². The Morgan fingerprint density at radius 2 is 1.89 bits per heavy atom. The molecule has 3 nitrogen and oxygen atoms in total. The van der Waals surface area contributed by atoms with Crippen LogP contribution in [0.15, 0.2) is 24.3 Å². The van der Waals surface area contributed by atoms with Crippen molar-refractivity contribution in [1.29, 1.82) is 0 Å². The predicted octanol–water partition coefficient (Wildman–Crippen LogP) is 3.44. The molecule has 2 aromatic rings. The van der Waals surface area contributed by atoms with Gasteiger partial charge >= 0.3 is 0 Å². The standard InChI is InChI=1S/C15H20N2O/c1-4-5-6-13-14(15(18)17(3)16-13)12-9-7-11(2)8-10-12/h7-10,18H,4-6H2,1-3H3. The van der Waals surface area contributed by atoms with Crippen molar-refractivity contribution in [2.45, 2.75) is 33.1 Å². The Morgan fingerprint density at radius 1 is 1.22 bits per heavy atom. The summed E-state index contributed by atoms with van der Waals surface area (Å²) in [5, 5.41) is 14.6. The molecule has 0 atom stereocenters. The Morgan fingerprint density at radius 3 is 2.50 bits per heavy atom. The molecule has 0 spiro atoms. The van der Waals surface area contributed by atoms with E-state index in [0.29, 0.717) is 0 Å². The highest BCUT2D eigenvalue weighted by Gasteiger charge is 2.16. The number of nitrogens with zero attached hydrogens (tertiary/aromatic N) is 2. The van der Waals surface area contributed by atoms with Gasteiger partial charge in [0.25, 0.3) is 0 Å². The van der Waals surface area contributed by atoms with E-state index in [0.717, 1.165) is 36.1 Å². The maximum atomic E-state index is 10.1. The van der Waals surface area contributed by atoms with E-state index in [9.17, 15) is 5.11 Å². The number of unbranched alkanes of at least 4 members (excludes halogenated alkanes) is 1. The minimum atomic E-state index is 0.255. The van der Waals surface area contributed by atoms with Crippen LogP contribution in [0, 0.1) is 6.92 Å². The first-order chi connectivity index (χ1) is 8.63. The third-order valence-electron chi connectivity index (χ3n) is 3.20. The minimum absolute atomic E-state index is 0.255. The number of hydrogen-bond acceptors (Lipinski definition) is 2. The maximum Gasteiger partial charge on any atom is 0.217 e. The molecule has 0 saturated carbocycles. The zero-order valence-corrected chi connectivity index (χ0v) is 11.3. The third-order valence-corrected chi connectivity index (χ3v) is 3.20. The molecule has 0 aliphatic carbocycles. The summed E-state index contributed by atoms with van der Waals surface area (Å²) in [6.07, 6.45) is 3.13. The molecule has 1 aromatic carbocycles. The number of aromatic nitrogens is 2.